The average Bonchev–Trinajstić information content (AvgIpc) is 1.60. The fraction of sp³-hybridized carbons (Fsp3) is 0.426. The Hall–Kier alpha value is -8.06. The molecule has 0 nitrogen and oxygen atoms in total. The molecule has 0 aliphatic heterocycles. The second-order valence-electron chi connectivity index (χ2n) is 27.8. The second-order valence-corrected chi connectivity index (χ2v) is 27.8. The monoisotopic (exact) mass is 1450 g/mol. The minimum absolute atomic E-state index is 0.142. The molecular weight excluding hydrogens is 1300 g/mol. The molecule has 0 heteroatoms. The number of hydrogen-bond donors (Lipinski definition) is 0. The highest BCUT2D eigenvalue weighted by molar-refractivity contribution is 6.00. The predicted octanol–water partition coefficient (Wildman–Crippen LogP) is 34.6. The largest absolute Gasteiger partial charge is 0.0905 e. The summed E-state index contributed by atoms with van der Waals surface area (Å²) in [6.45, 7) is 84.6. The Bertz CT molecular complexity index is 4010. The molecular formula is C108H154. The van der Waals surface area contributed by atoms with Crippen LogP contribution in [-0.4, -0.2) is 0 Å². The number of aryl methyl sites for hydroxylation is 10. The lowest BCUT2D eigenvalue weighted by Gasteiger charge is -2.30. The molecule has 586 valence electrons. The smallest absolute Gasteiger partial charge is 0.0210 e. The second kappa shape index (κ2) is 46.4. The lowest BCUT2D eigenvalue weighted by atomic mass is 9.73. The van der Waals surface area contributed by atoms with Gasteiger partial charge in [0.1, 0.15) is 0 Å². The first-order valence-electron chi connectivity index (χ1n) is 42.7. The minimum Gasteiger partial charge on any atom is -0.0905 e. The molecule has 0 unspecified atom stereocenters. The maximum Gasteiger partial charge on any atom is 0.0210 e. The Morgan fingerprint density at radius 3 is 0.546 bits per heavy atom. The van der Waals surface area contributed by atoms with Crippen LogP contribution in [0.4, 0.5) is 0 Å². The minimum atomic E-state index is 0.142. The summed E-state index contributed by atoms with van der Waals surface area (Å²) in [5.41, 5.74) is 44.1. The third kappa shape index (κ3) is 20.9. The van der Waals surface area contributed by atoms with Gasteiger partial charge in [0.2, 0.25) is 0 Å². The SMILES string of the molecule is C=C1c2cc(C)ccc2-c2ccc(C)cc21.CC.CC.CC.CC.CC.CC.CC.CC.CC.CC.CCC1(C)c2cc(C)ccc2-c2ccc(C)cc21.CCC1(C)c2cc(C)ccc2-c2ccc(C)cc21.CCC1(CC)c2cc(C)ccc2-c2ccc(C)cc21.Cc1ccc2c(c1)C(C)(C)c1cc(C)ccc1-2. The molecule has 5 aliphatic carbocycles. The Kier molecular flexibility index (Phi) is 42.1. The lowest BCUT2D eigenvalue weighted by Crippen LogP contribution is -2.23. The van der Waals surface area contributed by atoms with Gasteiger partial charge in [-0.05, 0) is 212 Å². The van der Waals surface area contributed by atoms with E-state index in [0.29, 0.717) is 0 Å². The van der Waals surface area contributed by atoms with E-state index in [1.165, 1.54) is 180 Å². The van der Waals surface area contributed by atoms with E-state index in [1.54, 1.807) is 0 Å². The van der Waals surface area contributed by atoms with Crippen molar-refractivity contribution in [2.24, 2.45) is 0 Å². The van der Waals surface area contributed by atoms with Gasteiger partial charge in [0, 0.05) is 21.7 Å². The van der Waals surface area contributed by atoms with E-state index in [-0.39, 0.29) is 21.7 Å². The first-order chi connectivity index (χ1) is 51.9. The zero-order valence-electron chi connectivity index (χ0n) is 76.4. The van der Waals surface area contributed by atoms with E-state index in [4.69, 9.17) is 0 Å². The highest BCUT2D eigenvalue weighted by atomic mass is 14.4. The van der Waals surface area contributed by atoms with Crippen LogP contribution in [0.15, 0.2) is 189 Å². The third-order valence-corrected chi connectivity index (χ3v) is 21.2. The Morgan fingerprint density at radius 1 is 0.194 bits per heavy atom. The van der Waals surface area contributed by atoms with Crippen LogP contribution < -0.4 is 0 Å². The average molecular weight is 1450 g/mol. The van der Waals surface area contributed by atoms with E-state index in [1.807, 2.05) is 138 Å². The summed E-state index contributed by atoms with van der Waals surface area (Å²) in [5.74, 6) is 0. The maximum atomic E-state index is 4.22. The molecule has 0 spiro atoms. The van der Waals surface area contributed by atoms with Gasteiger partial charge in [-0.15, -0.1) is 0 Å². The standard InChI is InChI=1S/C19H22.2C18H20.C17H18.C16H14.10C2H6/c1-5-19(6-2)17-11-13(3)7-9-15(17)16-10-8-14(4)12-18(16)19;2*1-5-18(4)16-10-12(2)6-8-14(16)15-9-7-13(3)11-17(15)18;1-11-5-7-13-14-8-6-12(2)10-16(14)17(3,4)15(13)9-11;1-10-4-6-13-14-7-5-11(2)9-16(14)12(3)15(13)8-10;10*1-2/h7-12H,5-6H2,1-4H3;2*6-11H,5H2,1-4H3;5-10H,1-4H3;4-9H,3H2,1-2H3;10*1-2H3. The van der Waals surface area contributed by atoms with Gasteiger partial charge in [-0.3, -0.25) is 0 Å². The molecule has 5 aliphatic rings. The van der Waals surface area contributed by atoms with Gasteiger partial charge in [0.05, 0.1) is 0 Å². The van der Waals surface area contributed by atoms with Gasteiger partial charge in [-0.25, -0.2) is 0 Å². The molecule has 0 saturated heterocycles. The number of benzene rings is 10. The van der Waals surface area contributed by atoms with Crippen molar-refractivity contribution in [3.8, 4) is 55.6 Å². The molecule has 10 aromatic rings. The van der Waals surface area contributed by atoms with Gasteiger partial charge in [-0.1, -0.05) is 438 Å². The summed E-state index contributed by atoms with van der Waals surface area (Å²) in [7, 11) is 0. The summed E-state index contributed by atoms with van der Waals surface area (Å²) in [4.78, 5) is 0. The normalized spacial score (nSPS) is 12.6. The molecule has 15 rings (SSSR count). The zero-order chi connectivity index (χ0) is 82.9. The van der Waals surface area contributed by atoms with Crippen LogP contribution in [0.25, 0.3) is 61.2 Å². The van der Waals surface area contributed by atoms with Crippen molar-refractivity contribution < 1.29 is 0 Å². The first kappa shape index (κ1) is 98.0. The fourth-order valence-electron chi connectivity index (χ4n) is 15.6. The Balaban J connectivity index is 0.000000637. The third-order valence-electron chi connectivity index (χ3n) is 21.2. The predicted molar refractivity (Wildman–Crippen MR) is 495 cm³/mol. The lowest BCUT2D eigenvalue weighted by molar-refractivity contribution is 0.490. The molecule has 0 amide bonds. The number of fused-ring (bicyclic) bond motifs is 15. The first-order valence-corrected chi connectivity index (χ1v) is 42.7. The molecule has 108 heavy (non-hydrogen) atoms. The van der Waals surface area contributed by atoms with Crippen molar-refractivity contribution in [2.75, 3.05) is 0 Å². The van der Waals surface area contributed by atoms with Gasteiger partial charge >= 0.3 is 0 Å². The fourth-order valence-corrected chi connectivity index (χ4v) is 15.6. The quantitative estimate of drug-likeness (QED) is 0.165. The zero-order valence-corrected chi connectivity index (χ0v) is 76.4. The Labute approximate surface area is 667 Å². The summed E-state index contributed by atoms with van der Waals surface area (Å²) in [6, 6.07) is 68.3. The highest BCUT2D eigenvalue weighted by Crippen LogP contribution is 2.55. The summed E-state index contributed by atoms with van der Waals surface area (Å²) < 4.78 is 0. The van der Waals surface area contributed by atoms with Crippen LogP contribution in [0.3, 0.4) is 0 Å². The van der Waals surface area contributed by atoms with Gasteiger partial charge < -0.3 is 0 Å². The number of rotatable bonds is 4. The van der Waals surface area contributed by atoms with Crippen LogP contribution in [0.1, 0.15) is 331 Å². The van der Waals surface area contributed by atoms with Crippen LogP contribution in [0.5, 0.6) is 0 Å². The molecule has 0 bridgehead atoms. The van der Waals surface area contributed by atoms with Crippen molar-refractivity contribution in [3.05, 3.63) is 300 Å². The van der Waals surface area contributed by atoms with Crippen LogP contribution in [-0.2, 0) is 21.7 Å². The Morgan fingerprint density at radius 2 is 0.352 bits per heavy atom. The van der Waals surface area contributed by atoms with Crippen LogP contribution in [0, 0.1) is 69.2 Å². The molecule has 0 radical (unpaired) electrons. The van der Waals surface area contributed by atoms with E-state index in [2.05, 4.69) is 313 Å². The molecule has 10 aromatic carbocycles. The summed E-state index contributed by atoms with van der Waals surface area (Å²) in [5, 5.41) is 0. The molecule has 0 atom stereocenters. The molecule has 0 fully saturated rings. The summed E-state index contributed by atoms with van der Waals surface area (Å²) >= 11 is 0. The topological polar surface area (TPSA) is 0 Å². The van der Waals surface area contributed by atoms with Gasteiger partial charge in [0.15, 0.2) is 0 Å². The summed E-state index contributed by atoms with van der Waals surface area (Å²) in [6.07, 6.45) is 4.66. The van der Waals surface area contributed by atoms with E-state index in [9.17, 15) is 0 Å². The van der Waals surface area contributed by atoms with Gasteiger partial charge in [-0.2, -0.15) is 0 Å². The van der Waals surface area contributed by atoms with Crippen molar-refractivity contribution >= 4 is 5.57 Å². The number of hydrogen-bond acceptors (Lipinski definition) is 0. The molecule has 0 N–H and O–H groups in total. The van der Waals surface area contributed by atoms with Crippen LogP contribution >= 0.6 is 0 Å². The van der Waals surface area contributed by atoms with E-state index < -0.39 is 0 Å². The van der Waals surface area contributed by atoms with Crippen molar-refractivity contribution in [3.63, 3.8) is 0 Å². The molecule has 0 heterocycles. The van der Waals surface area contributed by atoms with Crippen molar-refractivity contribution in [1.82, 2.24) is 0 Å². The van der Waals surface area contributed by atoms with Crippen LogP contribution in [0.2, 0.25) is 0 Å². The molecule has 0 aromatic heterocycles. The van der Waals surface area contributed by atoms with E-state index >= 15 is 0 Å². The van der Waals surface area contributed by atoms with Crippen molar-refractivity contribution in [1.29, 1.82) is 0 Å². The molecule has 0 saturated carbocycles. The maximum absolute atomic E-state index is 4.22. The highest BCUT2D eigenvalue weighted by Gasteiger charge is 2.42. The van der Waals surface area contributed by atoms with E-state index in [0.717, 1.165) is 18.4 Å². The van der Waals surface area contributed by atoms with Gasteiger partial charge in [0.25, 0.3) is 0 Å². The van der Waals surface area contributed by atoms with Crippen molar-refractivity contribution in [2.45, 2.75) is 310 Å².